The van der Waals surface area contributed by atoms with Crippen LogP contribution in [0.25, 0.3) is 0 Å². The third-order valence-corrected chi connectivity index (χ3v) is 12.8. The number of carbonyl (C=O) groups excluding carboxylic acids is 2. The van der Waals surface area contributed by atoms with E-state index in [1.165, 1.54) is 0 Å². The summed E-state index contributed by atoms with van der Waals surface area (Å²) in [6.07, 6.45) is -2.87. The summed E-state index contributed by atoms with van der Waals surface area (Å²) in [6, 6.07) is 0. The number of carboxylic acids is 1. The van der Waals surface area contributed by atoms with Crippen LogP contribution in [-0.2, 0) is 23.9 Å². The zero-order chi connectivity index (χ0) is 33.2. The van der Waals surface area contributed by atoms with Crippen molar-refractivity contribution in [1.29, 1.82) is 0 Å². The van der Waals surface area contributed by atoms with E-state index in [0.29, 0.717) is 37.7 Å². The van der Waals surface area contributed by atoms with E-state index in [2.05, 4.69) is 27.4 Å². The van der Waals surface area contributed by atoms with Gasteiger partial charge in [-0.2, -0.15) is 0 Å². The van der Waals surface area contributed by atoms with Crippen molar-refractivity contribution in [3.05, 3.63) is 23.3 Å². The largest absolute Gasteiger partial charge is 0.481 e. The Morgan fingerprint density at radius 2 is 1.80 bits per heavy atom. The van der Waals surface area contributed by atoms with Gasteiger partial charge in [0.15, 0.2) is 12.1 Å². The zero-order valence-corrected chi connectivity index (χ0v) is 27.3. The molecule has 0 radical (unpaired) electrons. The van der Waals surface area contributed by atoms with Gasteiger partial charge in [-0.05, 0) is 80.1 Å². The number of Topliss-reactive ketones (excluding diaryl/α,β-unsaturated/α-hetero) is 2. The molecule has 0 aromatic carbocycles. The van der Waals surface area contributed by atoms with Crippen LogP contribution >= 0.6 is 0 Å². The highest BCUT2D eigenvalue weighted by Gasteiger charge is 2.62. The number of hydrogen-bond donors (Lipinski definition) is 5. The molecule has 5 N–H and O–H groups in total. The van der Waals surface area contributed by atoms with E-state index < -0.39 is 60.7 Å². The number of fused-ring (bicyclic) bond motifs is 4. The van der Waals surface area contributed by atoms with Crippen LogP contribution in [0.1, 0.15) is 86.0 Å². The van der Waals surface area contributed by atoms with E-state index in [4.69, 9.17) is 9.47 Å². The lowest BCUT2D eigenvalue weighted by molar-refractivity contribution is -0.311. The van der Waals surface area contributed by atoms with Gasteiger partial charge >= 0.3 is 5.97 Å². The van der Waals surface area contributed by atoms with E-state index in [-0.39, 0.29) is 46.6 Å². The highest BCUT2D eigenvalue weighted by molar-refractivity contribution is 6.00. The third-order valence-electron chi connectivity index (χ3n) is 12.8. The van der Waals surface area contributed by atoms with Crippen LogP contribution in [0.4, 0.5) is 0 Å². The minimum Gasteiger partial charge on any atom is -0.481 e. The van der Waals surface area contributed by atoms with E-state index in [9.17, 15) is 39.9 Å². The number of rotatable bonds is 9. The molecule has 14 atom stereocenters. The van der Waals surface area contributed by atoms with E-state index in [0.717, 1.165) is 30.4 Å². The monoisotopic (exact) mass is 632 g/mol. The summed E-state index contributed by atoms with van der Waals surface area (Å²) in [7, 11) is 0. The fourth-order valence-electron chi connectivity index (χ4n) is 9.95. The van der Waals surface area contributed by atoms with Crippen LogP contribution in [0.5, 0.6) is 0 Å². The van der Waals surface area contributed by atoms with Gasteiger partial charge in [0.2, 0.25) is 0 Å². The fourth-order valence-corrected chi connectivity index (χ4v) is 9.95. The summed E-state index contributed by atoms with van der Waals surface area (Å²) < 4.78 is 12.3. The topological polar surface area (TPSA) is 171 Å². The first-order valence-corrected chi connectivity index (χ1v) is 16.7. The average molecular weight is 633 g/mol. The fraction of sp³-hybridized carbons (Fsp3) is 0.800. The molecule has 3 fully saturated rings. The summed E-state index contributed by atoms with van der Waals surface area (Å²) in [4.78, 5) is 38.9. The number of aliphatic hydroxyl groups is 4. The number of aliphatic carboxylic acids is 1. The molecular weight excluding hydrogens is 580 g/mol. The minimum absolute atomic E-state index is 0.0133. The summed E-state index contributed by atoms with van der Waals surface area (Å²) in [5.41, 5.74) is 1.51. The van der Waals surface area contributed by atoms with Crippen molar-refractivity contribution in [3.8, 4) is 0 Å². The van der Waals surface area contributed by atoms with Gasteiger partial charge in [-0.15, -0.1) is 0 Å². The molecule has 5 aliphatic rings. The lowest BCUT2D eigenvalue weighted by Gasteiger charge is -2.57. The van der Waals surface area contributed by atoms with Crippen LogP contribution in [0.2, 0.25) is 0 Å². The maximum absolute atomic E-state index is 14.5. The lowest BCUT2D eigenvalue weighted by Crippen LogP contribution is -2.61. The van der Waals surface area contributed by atoms with Gasteiger partial charge in [0.25, 0.3) is 0 Å². The normalized spacial score (nSPS) is 44.6. The van der Waals surface area contributed by atoms with E-state index >= 15 is 0 Å². The number of hydrogen-bond acceptors (Lipinski definition) is 9. The number of carboxylic acid groups (broad SMARTS) is 1. The molecule has 0 aromatic heterocycles. The predicted molar refractivity (Wildman–Crippen MR) is 164 cm³/mol. The van der Waals surface area contributed by atoms with Crippen molar-refractivity contribution in [1.82, 2.24) is 0 Å². The lowest BCUT2D eigenvalue weighted by atomic mass is 9.48. The molecular formula is C35H52O10. The molecule has 5 rings (SSSR count). The molecule has 252 valence electrons. The SMILES string of the molecule is C=C(CC[C@@H](C)[C@H]1CC[C@H]2C3=C(C(=O)C[C@]12C)[C@@]1(C)CCC(=O)[C@@H](C)[C@@H]1C[C@@H]3O[C@@H]1OC(CO)[C@@H](O)[C@H](O)C1O)C(C)C(=O)O. The first-order valence-electron chi connectivity index (χ1n) is 16.7. The Bertz CT molecular complexity index is 1240. The summed E-state index contributed by atoms with van der Waals surface area (Å²) in [6.45, 7) is 13.5. The van der Waals surface area contributed by atoms with Crippen molar-refractivity contribution >= 4 is 17.5 Å². The molecule has 10 nitrogen and oxygen atoms in total. The Hall–Kier alpha value is -1.95. The van der Waals surface area contributed by atoms with E-state index in [1.54, 1.807) is 6.92 Å². The second-order valence-corrected chi connectivity index (χ2v) is 15.2. The van der Waals surface area contributed by atoms with E-state index in [1.807, 2.05) is 6.92 Å². The van der Waals surface area contributed by atoms with Crippen molar-refractivity contribution < 1.29 is 49.4 Å². The van der Waals surface area contributed by atoms with Gasteiger partial charge in [-0.1, -0.05) is 39.8 Å². The Kier molecular flexibility index (Phi) is 9.61. The molecule has 0 bridgehead atoms. The first kappa shape index (κ1) is 34.4. The Balaban J connectivity index is 1.50. The summed E-state index contributed by atoms with van der Waals surface area (Å²) in [5.74, 6) is -1.26. The minimum atomic E-state index is -1.59. The Labute approximate surface area is 265 Å². The molecule has 45 heavy (non-hydrogen) atoms. The van der Waals surface area contributed by atoms with Gasteiger partial charge in [0.05, 0.1) is 18.6 Å². The first-order chi connectivity index (χ1) is 21.1. The van der Waals surface area contributed by atoms with Gasteiger partial charge in [-0.3, -0.25) is 14.4 Å². The molecule has 0 aromatic rings. The third kappa shape index (κ3) is 5.67. The maximum atomic E-state index is 14.5. The van der Waals surface area contributed by atoms with Crippen molar-refractivity contribution in [2.24, 2.45) is 46.3 Å². The highest BCUT2D eigenvalue weighted by atomic mass is 16.7. The standard InChI is InChI=1S/C35H52O10/c1-16(18(3)32(42)43)7-8-17(2)20-9-10-21-27-25(44-33-31(41)30(40)29(39)26(15-36)45-33)13-22-19(4)23(37)11-12-34(22,5)28(27)24(38)14-35(20,21)6/h17-22,25-26,29-31,33,36,39-41H,1,7-15H2,2-6H3,(H,42,43)/t17-,18?,19+,20-,21+,22+,25+,26?,29-,30+,31?,33-,34+,35-/m1/s1. The maximum Gasteiger partial charge on any atom is 0.310 e. The summed E-state index contributed by atoms with van der Waals surface area (Å²) >= 11 is 0. The smallest absolute Gasteiger partial charge is 0.310 e. The summed E-state index contributed by atoms with van der Waals surface area (Å²) in [5, 5.41) is 50.9. The quantitative estimate of drug-likeness (QED) is 0.238. The zero-order valence-electron chi connectivity index (χ0n) is 27.3. The number of allylic oxidation sites excluding steroid dienone is 1. The molecule has 1 saturated heterocycles. The highest BCUT2D eigenvalue weighted by Crippen LogP contribution is 2.66. The Morgan fingerprint density at radius 1 is 1.11 bits per heavy atom. The predicted octanol–water partition coefficient (Wildman–Crippen LogP) is 3.19. The van der Waals surface area contributed by atoms with Crippen molar-refractivity contribution in [2.75, 3.05) is 6.61 Å². The second kappa shape index (κ2) is 12.6. The number of ketones is 2. The molecule has 1 heterocycles. The molecule has 4 aliphatic carbocycles. The molecule has 2 saturated carbocycles. The van der Waals surface area contributed by atoms with Crippen LogP contribution < -0.4 is 0 Å². The number of carbonyl (C=O) groups is 3. The number of aliphatic hydroxyl groups excluding tert-OH is 4. The molecule has 10 heteroatoms. The average Bonchev–Trinajstić information content (AvgIpc) is 3.34. The van der Waals surface area contributed by atoms with Crippen LogP contribution in [0.3, 0.4) is 0 Å². The molecule has 0 amide bonds. The van der Waals surface area contributed by atoms with Crippen LogP contribution in [0, 0.1) is 46.3 Å². The van der Waals surface area contributed by atoms with Gasteiger partial charge in [-0.25, -0.2) is 0 Å². The van der Waals surface area contributed by atoms with Crippen LogP contribution in [0.15, 0.2) is 23.3 Å². The molecule has 3 unspecified atom stereocenters. The Morgan fingerprint density at radius 3 is 2.44 bits per heavy atom. The van der Waals surface area contributed by atoms with Crippen molar-refractivity contribution in [2.45, 2.75) is 123 Å². The number of ether oxygens (including phenoxy) is 2. The van der Waals surface area contributed by atoms with Gasteiger partial charge < -0.3 is 35.0 Å². The van der Waals surface area contributed by atoms with Gasteiger partial charge in [0, 0.05) is 29.7 Å². The molecule has 1 aliphatic heterocycles. The second-order valence-electron chi connectivity index (χ2n) is 15.2. The van der Waals surface area contributed by atoms with Crippen LogP contribution in [-0.4, -0.2) is 86.5 Å². The molecule has 0 spiro atoms. The van der Waals surface area contributed by atoms with Crippen molar-refractivity contribution in [3.63, 3.8) is 0 Å². The van der Waals surface area contributed by atoms with Gasteiger partial charge in [0.1, 0.15) is 30.2 Å².